The van der Waals surface area contributed by atoms with Gasteiger partial charge in [0.15, 0.2) is 0 Å². The third kappa shape index (κ3) is 3.11. The van der Waals surface area contributed by atoms with E-state index in [0.29, 0.717) is 5.92 Å². The number of aromatic nitrogens is 3. The number of pyridine rings is 1. The molecule has 2 heterocycles. The number of nitrogens with one attached hydrogen (secondary N) is 1. The zero-order valence-corrected chi connectivity index (χ0v) is 12.5. The molecule has 2 aromatic heterocycles. The number of imidazole rings is 1. The molecule has 0 unspecified atom stereocenters. The Kier molecular flexibility index (Phi) is 3.97. The summed E-state index contributed by atoms with van der Waals surface area (Å²) in [4.78, 5) is 8.89. The van der Waals surface area contributed by atoms with Crippen molar-refractivity contribution in [2.45, 2.75) is 20.4 Å². The zero-order valence-electron chi connectivity index (χ0n) is 12.5. The smallest absolute Gasteiger partial charge is 0.0991 e. The summed E-state index contributed by atoms with van der Waals surface area (Å²) in [6, 6.07) is 10.4. The van der Waals surface area contributed by atoms with Gasteiger partial charge in [-0.15, -0.1) is 0 Å². The lowest BCUT2D eigenvalue weighted by Crippen LogP contribution is -2.19. The Hall–Kier alpha value is -2.20. The van der Waals surface area contributed by atoms with Crippen LogP contribution in [0.3, 0.4) is 0 Å². The second-order valence-corrected chi connectivity index (χ2v) is 5.64. The number of fused-ring (bicyclic) bond motifs is 1. The zero-order chi connectivity index (χ0) is 14.7. The maximum atomic E-state index is 4.75. The number of rotatable bonds is 5. The number of nitrogens with zero attached hydrogens (tertiary/aromatic N) is 3. The second kappa shape index (κ2) is 6.06. The van der Waals surface area contributed by atoms with E-state index < -0.39 is 0 Å². The molecule has 0 fully saturated rings. The molecular formula is C17H20N4. The largest absolute Gasteiger partial charge is 0.311 e. The standard InChI is InChI=1S/C17H20N4/c1-13(2)10-19-11-14-9-17(21-8-7-18-12-21)15-5-3-4-6-16(15)20-14/h3-9,12-13,19H,10-11H2,1-2H3. The van der Waals surface area contributed by atoms with Gasteiger partial charge in [-0.1, -0.05) is 32.0 Å². The van der Waals surface area contributed by atoms with E-state index in [-0.39, 0.29) is 0 Å². The van der Waals surface area contributed by atoms with Gasteiger partial charge < -0.3 is 9.88 Å². The lowest BCUT2D eigenvalue weighted by Gasteiger charge is -2.11. The third-order valence-corrected chi connectivity index (χ3v) is 3.39. The molecule has 0 aliphatic carbocycles. The molecule has 0 bridgehead atoms. The summed E-state index contributed by atoms with van der Waals surface area (Å²) in [5.41, 5.74) is 3.20. The van der Waals surface area contributed by atoms with Crippen LogP contribution in [0.4, 0.5) is 0 Å². The number of hydrogen-bond acceptors (Lipinski definition) is 3. The second-order valence-electron chi connectivity index (χ2n) is 5.64. The Bertz CT molecular complexity index is 717. The lowest BCUT2D eigenvalue weighted by atomic mass is 10.1. The fraction of sp³-hybridized carbons (Fsp3) is 0.294. The number of benzene rings is 1. The molecule has 21 heavy (non-hydrogen) atoms. The van der Waals surface area contributed by atoms with E-state index in [0.717, 1.165) is 35.4 Å². The summed E-state index contributed by atoms with van der Waals surface area (Å²) in [5.74, 6) is 0.638. The van der Waals surface area contributed by atoms with Crippen LogP contribution < -0.4 is 5.32 Å². The number of hydrogen-bond donors (Lipinski definition) is 1. The van der Waals surface area contributed by atoms with E-state index in [1.54, 1.807) is 6.20 Å². The first-order chi connectivity index (χ1) is 10.2. The highest BCUT2D eigenvalue weighted by atomic mass is 15.0. The maximum Gasteiger partial charge on any atom is 0.0991 e. The molecule has 1 N–H and O–H groups in total. The molecule has 0 saturated heterocycles. The molecule has 0 radical (unpaired) electrons. The van der Waals surface area contributed by atoms with Crippen LogP contribution in [0.25, 0.3) is 16.6 Å². The lowest BCUT2D eigenvalue weighted by molar-refractivity contribution is 0.548. The van der Waals surface area contributed by atoms with Crippen LogP contribution in [0.15, 0.2) is 49.1 Å². The number of para-hydroxylation sites is 1. The average molecular weight is 280 g/mol. The first kappa shape index (κ1) is 13.8. The van der Waals surface area contributed by atoms with E-state index in [1.807, 2.05) is 29.2 Å². The van der Waals surface area contributed by atoms with Crippen molar-refractivity contribution in [1.82, 2.24) is 19.9 Å². The molecule has 4 heteroatoms. The average Bonchev–Trinajstić information content (AvgIpc) is 3.00. The van der Waals surface area contributed by atoms with Gasteiger partial charge in [0, 0.05) is 24.3 Å². The van der Waals surface area contributed by atoms with Gasteiger partial charge in [0.05, 0.1) is 23.2 Å². The van der Waals surface area contributed by atoms with Crippen molar-refractivity contribution in [2.24, 2.45) is 5.92 Å². The Morgan fingerprint density at radius 2 is 2.10 bits per heavy atom. The van der Waals surface area contributed by atoms with Crippen molar-refractivity contribution in [1.29, 1.82) is 0 Å². The van der Waals surface area contributed by atoms with E-state index in [9.17, 15) is 0 Å². The molecule has 0 atom stereocenters. The van der Waals surface area contributed by atoms with Crippen molar-refractivity contribution in [3.8, 4) is 5.69 Å². The highest BCUT2D eigenvalue weighted by Crippen LogP contribution is 2.21. The molecule has 0 spiro atoms. The molecule has 0 saturated carbocycles. The highest BCUT2D eigenvalue weighted by Gasteiger charge is 2.07. The van der Waals surface area contributed by atoms with Crippen LogP contribution in [0.5, 0.6) is 0 Å². The van der Waals surface area contributed by atoms with Gasteiger partial charge in [-0.3, -0.25) is 4.98 Å². The van der Waals surface area contributed by atoms with Crippen LogP contribution in [-0.4, -0.2) is 21.1 Å². The van der Waals surface area contributed by atoms with Crippen LogP contribution in [-0.2, 0) is 6.54 Å². The Labute approximate surface area is 124 Å². The normalized spacial score (nSPS) is 11.4. The predicted octanol–water partition coefficient (Wildman–Crippen LogP) is 3.17. The monoisotopic (exact) mass is 280 g/mol. The fourth-order valence-corrected chi connectivity index (χ4v) is 2.41. The van der Waals surface area contributed by atoms with Crippen LogP contribution in [0.2, 0.25) is 0 Å². The van der Waals surface area contributed by atoms with Gasteiger partial charge in [-0.2, -0.15) is 0 Å². The van der Waals surface area contributed by atoms with Crippen molar-refractivity contribution in [3.63, 3.8) is 0 Å². The highest BCUT2D eigenvalue weighted by molar-refractivity contribution is 5.87. The van der Waals surface area contributed by atoms with Crippen molar-refractivity contribution < 1.29 is 0 Å². The minimum absolute atomic E-state index is 0.638. The molecule has 0 aliphatic rings. The van der Waals surface area contributed by atoms with Crippen LogP contribution in [0.1, 0.15) is 19.5 Å². The molecule has 1 aromatic carbocycles. The summed E-state index contributed by atoms with van der Waals surface area (Å²) in [7, 11) is 0. The van der Waals surface area contributed by atoms with Gasteiger partial charge in [0.1, 0.15) is 0 Å². The molecule has 3 aromatic rings. The summed E-state index contributed by atoms with van der Waals surface area (Å²) in [5, 5.41) is 4.59. The summed E-state index contributed by atoms with van der Waals surface area (Å²) >= 11 is 0. The van der Waals surface area contributed by atoms with Crippen LogP contribution >= 0.6 is 0 Å². The van der Waals surface area contributed by atoms with Gasteiger partial charge in [-0.05, 0) is 24.6 Å². The third-order valence-electron chi connectivity index (χ3n) is 3.39. The topological polar surface area (TPSA) is 42.7 Å². The van der Waals surface area contributed by atoms with E-state index in [1.165, 1.54) is 0 Å². The Morgan fingerprint density at radius 3 is 2.86 bits per heavy atom. The minimum atomic E-state index is 0.638. The van der Waals surface area contributed by atoms with Crippen molar-refractivity contribution in [2.75, 3.05) is 6.54 Å². The Morgan fingerprint density at radius 1 is 1.24 bits per heavy atom. The molecule has 3 rings (SSSR count). The van der Waals surface area contributed by atoms with E-state index >= 15 is 0 Å². The van der Waals surface area contributed by atoms with Crippen LogP contribution in [0, 0.1) is 5.92 Å². The first-order valence-corrected chi connectivity index (χ1v) is 7.32. The first-order valence-electron chi connectivity index (χ1n) is 7.32. The summed E-state index contributed by atoms with van der Waals surface area (Å²) in [6.07, 6.45) is 5.59. The fourth-order valence-electron chi connectivity index (χ4n) is 2.41. The van der Waals surface area contributed by atoms with Gasteiger partial charge >= 0.3 is 0 Å². The molecule has 4 nitrogen and oxygen atoms in total. The van der Waals surface area contributed by atoms with Gasteiger partial charge in [0.2, 0.25) is 0 Å². The SMILES string of the molecule is CC(C)CNCc1cc(-n2ccnc2)c2ccccc2n1. The van der Waals surface area contributed by atoms with Gasteiger partial charge in [-0.25, -0.2) is 4.98 Å². The molecule has 108 valence electrons. The molecule has 0 amide bonds. The molecule has 0 aliphatic heterocycles. The maximum absolute atomic E-state index is 4.75. The van der Waals surface area contributed by atoms with E-state index in [2.05, 4.69) is 42.3 Å². The summed E-state index contributed by atoms with van der Waals surface area (Å²) in [6.45, 7) is 6.19. The van der Waals surface area contributed by atoms with Crippen molar-refractivity contribution >= 4 is 10.9 Å². The Balaban J connectivity index is 1.99. The van der Waals surface area contributed by atoms with Gasteiger partial charge in [0.25, 0.3) is 0 Å². The summed E-state index contributed by atoms with van der Waals surface area (Å²) < 4.78 is 2.04. The molecular weight excluding hydrogens is 260 g/mol. The predicted molar refractivity (Wildman–Crippen MR) is 85.4 cm³/mol. The van der Waals surface area contributed by atoms with E-state index in [4.69, 9.17) is 4.98 Å². The van der Waals surface area contributed by atoms with Crippen molar-refractivity contribution in [3.05, 3.63) is 54.7 Å². The minimum Gasteiger partial charge on any atom is -0.311 e. The quantitative estimate of drug-likeness (QED) is 0.780.